The van der Waals surface area contributed by atoms with Gasteiger partial charge in [-0.2, -0.15) is 0 Å². The zero-order chi connectivity index (χ0) is 14.7. The van der Waals surface area contributed by atoms with Crippen molar-refractivity contribution in [1.29, 1.82) is 0 Å². The van der Waals surface area contributed by atoms with E-state index in [1.165, 1.54) is 6.21 Å². The lowest BCUT2D eigenvalue weighted by atomic mass is 10.2. The van der Waals surface area contributed by atoms with Crippen molar-refractivity contribution >= 4 is 12.0 Å². The summed E-state index contributed by atoms with van der Waals surface area (Å²) in [6.07, 6.45) is 3.11. The minimum atomic E-state index is -0.258. The van der Waals surface area contributed by atoms with Crippen molar-refractivity contribution in [1.82, 2.24) is 9.97 Å². The number of pyridine rings is 1. The summed E-state index contributed by atoms with van der Waals surface area (Å²) in [6, 6.07) is 13.1. The standard InChI is InChI=1S/C16H13N3O2/c1-11-6-5-9-17-14(11)18-10-13-16(20)21-15(19-13)12-7-3-2-4-8-12/h2-10,20H,1H3/b18-10+. The molecule has 5 heteroatoms. The zero-order valence-electron chi connectivity index (χ0n) is 11.4. The molecular weight excluding hydrogens is 266 g/mol. The molecule has 0 aliphatic rings. The van der Waals surface area contributed by atoms with Gasteiger partial charge < -0.3 is 9.52 Å². The Morgan fingerprint density at radius 3 is 2.71 bits per heavy atom. The average Bonchev–Trinajstić information content (AvgIpc) is 2.89. The molecule has 0 fully saturated rings. The lowest BCUT2D eigenvalue weighted by Crippen LogP contribution is -1.84. The highest BCUT2D eigenvalue weighted by Crippen LogP contribution is 2.25. The Labute approximate surface area is 121 Å². The van der Waals surface area contributed by atoms with Gasteiger partial charge in [0.15, 0.2) is 11.5 Å². The van der Waals surface area contributed by atoms with Crippen LogP contribution in [-0.2, 0) is 0 Å². The highest BCUT2D eigenvalue weighted by atomic mass is 16.5. The van der Waals surface area contributed by atoms with Crippen LogP contribution in [0.4, 0.5) is 5.82 Å². The molecule has 3 rings (SSSR count). The Bertz CT molecular complexity index is 779. The molecule has 2 aromatic heterocycles. The minimum Gasteiger partial charge on any atom is -0.479 e. The number of rotatable bonds is 3. The van der Waals surface area contributed by atoms with E-state index in [0.717, 1.165) is 11.1 Å². The van der Waals surface area contributed by atoms with Crippen LogP contribution in [0.15, 0.2) is 58.1 Å². The van der Waals surface area contributed by atoms with Crippen molar-refractivity contribution in [3.8, 4) is 17.4 Å². The number of aromatic nitrogens is 2. The lowest BCUT2D eigenvalue weighted by molar-refractivity contribution is 0.337. The number of aliphatic imine (C=N–C) groups is 1. The van der Waals surface area contributed by atoms with E-state index in [9.17, 15) is 5.11 Å². The normalized spacial score (nSPS) is 11.1. The zero-order valence-corrected chi connectivity index (χ0v) is 11.4. The third kappa shape index (κ3) is 2.81. The van der Waals surface area contributed by atoms with Crippen molar-refractivity contribution in [2.45, 2.75) is 6.92 Å². The van der Waals surface area contributed by atoms with Crippen molar-refractivity contribution in [2.75, 3.05) is 0 Å². The SMILES string of the molecule is Cc1cccnc1/N=C/c1nc(-c2ccccc2)oc1O. The Hall–Kier alpha value is -2.95. The van der Waals surface area contributed by atoms with Gasteiger partial charge in [0.25, 0.3) is 0 Å². The first-order chi connectivity index (χ1) is 10.2. The van der Waals surface area contributed by atoms with Crippen LogP contribution >= 0.6 is 0 Å². The quantitative estimate of drug-likeness (QED) is 0.745. The maximum absolute atomic E-state index is 9.80. The van der Waals surface area contributed by atoms with Crippen LogP contribution in [0.5, 0.6) is 5.95 Å². The fraction of sp³-hybridized carbons (Fsp3) is 0.0625. The van der Waals surface area contributed by atoms with Crippen molar-refractivity contribution in [3.05, 3.63) is 59.9 Å². The van der Waals surface area contributed by atoms with Gasteiger partial charge >= 0.3 is 5.95 Å². The Morgan fingerprint density at radius 2 is 1.95 bits per heavy atom. The monoisotopic (exact) mass is 279 g/mol. The van der Waals surface area contributed by atoms with Gasteiger partial charge in [-0.25, -0.2) is 15.0 Å². The van der Waals surface area contributed by atoms with Gasteiger partial charge in [-0.05, 0) is 30.7 Å². The van der Waals surface area contributed by atoms with E-state index in [2.05, 4.69) is 15.0 Å². The predicted octanol–water partition coefficient (Wildman–Crippen LogP) is 3.50. The molecule has 0 radical (unpaired) electrons. The number of aromatic hydroxyl groups is 1. The molecule has 0 amide bonds. The Balaban J connectivity index is 1.91. The first kappa shape index (κ1) is 13.1. The van der Waals surface area contributed by atoms with E-state index in [1.807, 2.05) is 49.4 Å². The van der Waals surface area contributed by atoms with Gasteiger partial charge in [-0.1, -0.05) is 24.3 Å². The third-order valence-electron chi connectivity index (χ3n) is 2.95. The molecule has 0 spiro atoms. The summed E-state index contributed by atoms with van der Waals surface area (Å²) in [5.41, 5.74) is 2.01. The van der Waals surface area contributed by atoms with Crippen molar-refractivity contribution < 1.29 is 9.52 Å². The summed E-state index contributed by atoms with van der Waals surface area (Å²) in [6.45, 7) is 1.91. The van der Waals surface area contributed by atoms with Gasteiger partial charge in [0, 0.05) is 11.8 Å². The van der Waals surface area contributed by atoms with Crippen molar-refractivity contribution in [3.63, 3.8) is 0 Å². The molecule has 0 aliphatic heterocycles. The average molecular weight is 279 g/mol. The van der Waals surface area contributed by atoms with Crippen LogP contribution < -0.4 is 0 Å². The highest BCUT2D eigenvalue weighted by molar-refractivity contribution is 5.82. The molecule has 1 N–H and O–H groups in total. The molecule has 0 unspecified atom stereocenters. The van der Waals surface area contributed by atoms with Gasteiger partial charge in [0.2, 0.25) is 5.89 Å². The second kappa shape index (κ2) is 5.58. The smallest absolute Gasteiger partial charge is 0.312 e. The molecule has 2 heterocycles. The van der Waals surface area contributed by atoms with E-state index < -0.39 is 0 Å². The number of oxazole rings is 1. The topological polar surface area (TPSA) is 71.5 Å². The fourth-order valence-electron chi connectivity index (χ4n) is 1.85. The summed E-state index contributed by atoms with van der Waals surface area (Å²) in [5, 5.41) is 9.80. The maximum atomic E-state index is 9.80. The molecule has 0 bridgehead atoms. The van der Waals surface area contributed by atoms with Crippen LogP contribution in [0.1, 0.15) is 11.3 Å². The van der Waals surface area contributed by atoms with Crippen LogP contribution in [0.3, 0.4) is 0 Å². The van der Waals surface area contributed by atoms with E-state index in [1.54, 1.807) is 6.20 Å². The van der Waals surface area contributed by atoms with Crippen LogP contribution in [0.2, 0.25) is 0 Å². The molecule has 0 saturated heterocycles. The predicted molar refractivity (Wildman–Crippen MR) is 79.8 cm³/mol. The molecular formula is C16H13N3O2. The van der Waals surface area contributed by atoms with Gasteiger partial charge in [0.05, 0.1) is 6.21 Å². The molecule has 0 aliphatic carbocycles. The summed E-state index contributed by atoms with van der Waals surface area (Å²) in [7, 11) is 0. The lowest BCUT2D eigenvalue weighted by Gasteiger charge is -1.95. The van der Waals surface area contributed by atoms with E-state index in [-0.39, 0.29) is 11.6 Å². The van der Waals surface area contributed by atoms with Gasteiger partial charge in [-0.3, -0.25) is 0 Å². The van der Waals surface area contributed by atoms with Gasteiger partial charge in [0.1, 0.15) is 0 Å². The molecule has 5 nitrogen and oxygen atoms in total. The first-order valence-electron chi connectivity index (χ1n) is 6.45. The van der Waals surface area contributed by atoms with Crippen molar-refractivity contribution in [2.24, 2.45) is 4.99 Å². The van der Waals surface area contributed by atoms with Crippen LogP contribution in [0, 0.1) is 6.92 Å². The largest absolute Gasteiger partial charge is 0.479 e. The molecule has 104 valence electrons. The summed E-state index contributed by atoms with van der Waals surface area (Å²) in [5.74, 6) is 0.680. The second-order valence-corrected chi connectivity index (χ2v) is 4.48. The Kier molecular flexibility index (Phi) is 3.47. The van der Waals surface area contributed by atoms with Gasteiger partial charge in [-0.15, -0.1) is 0 Å². The number of benzene rings is 1. The van der Waals surface area contributed by atoms with E-state index in [0.29, 0.717) is 11.7 Å². The van der Waals surface area contributed by atoms with E-state index >= 15 is 0 Å². The third-order valence-corrected chi connectivity index (χ3v) is 2.95. The molecule has 21 heavy (non-hydrogen) atoms. The number of aryl methyl sites for hydroxylation is 1. The maximum Gasteiger partial charge on any atom is 0.312 e. The summed E-state index contributed by atoms with van der Waals surface area (Å²) < 4.78 is 5.25. The molecule has 3 aromatic rings. The molecule has 0 atom stereocenters. The summed E-state index contributed by atoms with van der Waals surface area (Å²) >= 11 is 0. The molecule has 0 saturated carbocycles. The van der Waals surface area contributed by atoms with Crippen LogP contribution in [-0.4, -0.2) is 21.3 Å². The summed E-state index contributed by atoms with van der Waals surface area (Å²) in [4.78, 5) is 12.6. The van der Waals surface area contributed by atoms with E-state index in [4.69, 9.17) is 4.42 Å². The fourth-order valence-corrected chi connectivity index (χ4v) is 1.85. The number of hydrogen-bond acceptors (Lipinski definition) is 5. The Morgan fingerprint density at radius 1 is 1.14 bits per heavy atom. The minimum absolute atomic E-state index is 0.258. The number of nitrogens with zero attached hydrogens (tertiary/aromatic N) is 3. The first-order valence-corrected chi connectivity index (χ1v) is 6.45. The van der Waals surface area contributed by atoms with Crippen LogP contribution in [0.25, 0.3) is 11.5 Å². The second-order valence-electron chi connectivity index (χ2n) is 4.48. The molecule has 1 aromatic carbocycles. The highest BCUT2D eigenvalue weighted by Gasteiger charge is 2.12. The number of hydrogen-bond donors (Lipinski definition) is 1.